The Labute approximate surface area is 248 Å². The SMILES string of the molecule is FC(F)(F)c1cccc(-c2ccc3c(-c4cccc5ccccc45)c4ccccc4c(-c4cccc(C(F)(F)F)c4)c3c2)c1. The molecule has 44 heavy (non-hydrogen) atoms. The summed E-state index contributed by atoms with van der Waals surface area (Å²) in [4.78, 5) is 0. The van der Waals surface area contributed by atoms with Crippen molar-refractivity contribution in [2.75, 3.05) is 0 Å². The lowest BCUT2D eigenvalue weighted by Gasteiger charge is -2.20. The largest absolute Gasteiger partial charge is 0.416 e. The second-order valence-corrected chi connectivity index (χ2v) is 10.7. The number of rotatable bonds is 3. The van der Waals surface area contributed by atoms with E-state index in [1.165, 1.54) is 12.1 Å². The molecule has 6 heteroatoms. The van der Waals surface area contributed by atoms with Gasteiger partial charge in [-0.1, -0.05) is 103 Å². The molecule has 0 aliphatic carbocycles. The predicted molar refractivity (Wildman–Crippen MR) is 165 cm³/mol. The van der Waals surface area contributed by atoms with Gasteiger partial charge in [-0.15, -0.1) is 0 Å². The van der Waals surface area contributed by atoms with Crippen LogP contribution in [-0.2, 0) is 12.4 Å². The van der Waals surface area contributed by atoms with Crippen molar-refractivity contribution in [1.29, 1.82) is 0 Å². The van der Waals surface area contributed by atoms with E-state index in [1.54, 1.807) is 24.3 Å². The van der Waals surface area contributed by atoms with E-state index in [-0.39, 0.29) is 0 Å². The molecule has 0 amide bonds. The van der Waals surface area contributed by atoms with E-state index in [4.69, 9.17) is 0 Å². The first-order valence-corrected chi connectivity index (χ1v) is 13.9. The summed E-state index contributed by atoms with van der Waals surface area (Å²) in [6, 6.07) is 37.3. The summed E-state index contributed by atoms with van der Waals surface area (Å²) in [5, 5.41) is 5.06. The second kappa shape index (κ2) is 10.3. The van der Waals surface area contributed by atoms with Gasteiger partial charge in [0.2, 0.25) is 0 Å². The molecule has 0 bridgehead atoms. The molecule has 216 valence electrons. The number of hydrogen-bond donors (Lipinski definition) is 0. The van der Waals surface area contributed by atoms with E-state index >= 15 is 0 Å². The van der Waals surface area contributed by atoms with Gasteiger partial charge in [-0.2, -0.15) is 26.3 Å². The molecule has 7 aromatic carbocycles. The van der Waals surface area contributed by atoms with Crippen LogP contribution in [0.25, 0.3) is 65.7 Å². The Balaban J connectivity index is 1.62. The van der Waals surface area contributed by atoms with Crippen LogP contribution < -0.4 is 0 Å². The van der Waals surface area contributed by atoms with Crippen LogP contribution in [-0.4, -0.2) is 0 Å². The third kappa shape index (κ3) is 4.77. The molecule has 0 radical (unpaired) electrons. The van der Waals surface area contributed by atoms with Gasteiger partial charge in [-0.25, -0.2) is 0 Å². The van der Waals surface area contributed by atoms with Gasteiger partial charge in [0.05, 0.1) is 11.1 Å². The lowest BCUT2D eigenvalue weighted by Crippen LogP contribution is -2.04. The quantitative estimate of drug-likeness (QED) is 0.141. The molecule has 0 aliphatic heterocycles. The van der Waals surface area contributed by atoms with E-state index in [0.29, 0.717) is 27.6 Å². The average molecular weight is 593 g/mol. The van der Waals surface area contributed by atoms with Crippen LogP contribution in [0.3, 0.4) is 0 Å². The Bertz CT molecular complexity index is 2200. The van der Waals surface area contributed by atoms with Crippen LogP contribution in [0.15, 0.2) is 133 Å². The van der Waals surface area contributed by atoms with Crippen molar-refractivity contribution in [3.8, 4) is 33.4 Å². The normalized spacial score (nSPS) is 12.3. The maximum absolute atomic E-state index is 13.9. The predicted octanol–water partition coefficient (Wildman–Crippen LogP) is 12.2. The molecular formula is C38H22F6. The first kappa shape index (κ1) is 27.7. The van der Waals surface area contributed by atoms with Crippen molar-refractivity contribution in [2.45, 2.75) is 12.4 Å². The Hall–Kier alpha value is -5.10. The Morgan fingerprint density at radius 1 is 0.341 bits per heavy atom. The molecule has 0 aromatic heterocycles. The first-order chi connectivity index (χ1) is 21.1. The first-order valence-electron chi connectivity index (χ1n) is 13.9. The van der Waals surface area contributed by atoms with E-state index in [1.807, 2.05) is 72.8 Å². The van der Waals surface area contributed by atoms with Gasteiger partial charge in [-0.3, -0.25) is 0 Å². The van der Waals surface area contributed by atoms with Crippen LogP contribution in [0.2, 0.25) is 0 Å². The van der Waals surface area contributed by atoms with Crippen LogP contribution in [0.1, 0.15) is 11.1 Å². The summed E-state index contributed by atoms with van der Waals surface area (Å²) in [5.74, 6) is 0. The third-order valence-corrected chi connectivity index (χ3v) is 8.08. The molecule has 7 aromatic rings. The van der Waals surface area contributed by atoms with Crippen LogP contribution in [0, 0.1) is 0 Å². The molecule has 0 saturated heterocycles. The Morgan fingerprint density at radius 2 is 0.841 bits per heavy atom. The Kier molecular flexibility index (Phi) is 6.47. The van der Waals surface area contributed by atoms with Crippen molar-refractivity contribution in [3.63, 3.8) is 0 Å². The van der Waals surface area contributed by atoms with Crippen LogP contribution >= 0.6 is 0 Å². The monoisotopic (exact) mass is 592 g/mol. The summed E-state index contributed by atoms with van der Waals surface area (Å²) < 4.78 is 82.4. The molecule has 0 heterocycles. The maximum atomic E-state index is 13.9. The summed E-state index contributed by atoms with van der Waals surface area (Å²) in [7, 11) is 0. The second-order valence-electron chi connectivity index (χ2n) is 10.7. The number of hydrogen-bond acceptors (Lipinski definition) is 0. The Morgan fingerprint density at radius 3 is 1.52 bits per heavy atom. The minimum atomic E-state index is -4.55. The smallest absolute Gasteiger partial charge is 0.166 e. The fraction of sp³-hybridized carbons (Fsp3) is 0.0526. The van der Waals surface area contributed by atoms with Gasteiger partial charge in [-0.05, 0) is 96.0 Å². The van der Waals surface area contributed by atoms with Gasteiger partial charge in [0.15, 0.2) is 0 Å². The van der Waals surface area contributed by atoms with E-state index < -0.39 is 23.5 Å². The highest BCUT2D eigenvalue weighted by atomic mass is 19.4. The van der Waals surface area contributed by atoms with Crippen molar-refractivity contribution < 1.29 is 26.3 Å². The highest BCUT2D eigenvalue weighted by Crippen LogP contribution is 2.47. The average Bonchev–Trinajstić information content (AvgIpc) is 3.02. The number of halogens is 6. The lowest BCUT2D eigenvalue weighted by atomic mass is 9.83. The van der Waals surface area contributed by atoms with Gasteiger partial charge in [0.25, 0.3) is 0 Å². The summed E-state index contributed by atoms with van der Waals surface area (Å²) in [6.45, 7) is 0. The van der Waals surface area contributed by atoms with Crippen LogP contribution in [0.5, 0.6) is 0 Å². The van der Waals surface area contributed by atoms with Crippen molar-refractivity contribution >= 4 is 32.3 Å². The topological polar surface area (TPSA) is 0 Å². The van der Waals surface area contributed by atoms with E-state index in [2.05, 4.69) is 0 Å². The number of alkyl halides is 6. The van der Waals surface area contributed by atoms with Crippen LogP contribution in [0.4, 0.5) is 26.3 Å². The zero-order valence-electron chi connectivity index (χ0n) is 23.0. The fourth-order valence-corrected chi connectivity index (χ4v) is 6.13. The molecule has 0 fully saturated rings. The van der Waals surface area contributed by atoms with Crippen molar-refractivity contribution in [2.24, 2.45) is 0 Å². The fourth-order valence-electron chi connectivity index (χ4n) is 6.13. The van der Waals surface area contributed by atoms with Gasteiger partial charge in [0.1, 0.15) is 0 Å². The molecule has 0 nitrogen and oxygen atoms in total. The van der Waals surface area contributed by atoms with Gasteiger partial charge in [0, 0.05) is 0 Å². The van der Waals surface area contributed by atoms with Crippen molar-refractivity contribution in [1.82, 2.24) is 0 Å². The van der Waals surface area contributed by atoms with Gasteiger partial charge < -0.3 is 0 Å². The molecule has 0 saturated carbocycles. The number of benzene rings is 7. The maximum Gasteiger partial charge on any atom is 0.416 e. The van der Waals surface area contributed by atoms with E-state index in [0.717, 1.165) is 62.3 Å². The van der Waals surface area contributed by atoms with E-state index in [9.17, 15) is 26.3 Å². The highest BCUT2D eigenvalue weighted by Gasteiger charge is 2.32. The molecule has 0 aliphatic rings. The molecule has 0 unspecified atom stereocenters. The third-order valence-electron chi connectivity index (χ3n) is 8.08. The summed E-state index contributed by atoms with van der Waals surface area (Å²) >= 11 is 0. The standard InChI is InChI=1S/C38H22F6/c39-37(40,41)27-12-5-10-24(20-27)25-18-19-33-34(22-25)35(26-11-6-13-28(21-26)38(42,43)44)31-15-3-4-16-32(31)36(33)30-17-7-9-23-8-1-2-14-29(23)30/h1-22H. The molecular weight excluding hydrogens is 570 g/mol. The molecule has 0 atom stereocenters. The molecule has 7 rings (SSSR count). The molecule has 0 N–H and O–H groups in total. The van der Waals surface area contributed by atoms with Gasteiger partial charge >= 0.3 is 12.4 Å². The summed E-state index contributed by atoms with van der Waals surface area (Å²) in [5.41, 5.74) is 2.13. The summed E-state index contributed by atoms with van der Waals surface area (Å²) in [6.07, 6.45) is -9.07. The zero-order valence-corrected chi connectivity index (χ0v) is 23.0. The highest BCUT2D eigenvalue weighted by molar-refractivity contribution is 6.24. The number of fused-ring (bicyclic) bond motifs is 3. The minimum absolute atomic E-state index is 0.358. The minimum Gasteiger partial charge on any atom is -0.166 e. The zero-order chi connectivity index (χ0) is 30.6. The van der Waals surface area contributed by atoms with Crippen molar-refractivity contribution in [3.05, 3.63) is 145 Å². The molecule has 0 spiro atoms. The lowest BCUT2D eigenvalue weighted by molar-refractivity contribution is -0.138.